The Hall–Kier alpha value is -1.99. The smallest absolute Gasteiger partial charge is 0.350 e. The van der Waals surface area contributed by atoms with Crippen molar-refractivity contribution in [2.45, 2.75) is 6.92 Å². The zero-order valence-corrected chi connectivity index (χ0v) is 12.5. The van der Waals surface area contributed by atoms with E-state index in [1.165, 1.54) is 13.2 Å². The number of esters is 1. The summed E-state index contributed by atoms with van der Waals surface area (Å²) in [4.78, 5) is 28.7. The molecule has 0 unspecified atom stereocenters. The van der Waals surface area contributed by atoms with Crippen molar-refractivity contribution >= 4 is 45.8 Å². The second-order valence-electron chi connectivity index (χ2n) is 3.76. The van der Waals surface area contributed by atoms with Gasteiger partial charge >= 0.3 is 5.97 Å². The van der Waals surface area contributed by atoms with Gasteiger partial charge in [-0.1, -0.05) is 17.4 Å². The lowest BCUT2D eigenvalue weighted by atomic mass is 10.4. The number of carbonyl (C=O) groups excluding carboxylic acids is 2. The van der Waals surface area contributed by atoms with E-state index in [-0.39, 0.29) is 5.91 Å². The van der Waals surface area contributed by atoms with Crippen molar-refractivity contribution < 1.29 is 14.3 Å². The third kappa shape index (κ3) is 3.52. The fourth-order valence-corrected chi connectivity index (χ4v) is 2.93. The normalized spacial score (nSPS) is 10.7. The highest BCUT2D eigenvalue weighted by molar-refractivity contribution is 7.17. The van der Waals surface area contributed by atoms with E-state index < -0.39 is 5.97 Å². The van der Waals surface area contributed by atoms with E-state index in [0.717, 1.165) is 16.2 Å². The van der Waals surface area contributed by atoms with Crippen LogP contribution in [0.1, 0.15) is 20.2 Å². The highest BCUT2D eigenvalue weighted by atomic mass is 32.1. The molecule has 0 aliphatic heterocycles. The number of thiophene rings is 1. The van der Waals surface area contributed by atoms with E-state index in [1.807, 2.05) is 17.5 Å². The molecule has 2 heterocycles. The first-order valence-electron chi connectivity index (χ1n) is 5.68. The Bertz CT molecular complexity index is 645. The van der Waals surface area contributed by atoms with Crippen LogP contribution in [0.15, 0.2) is 23.6 Å². The lowest BCUT2D eigenvalue weighted by molar-refractivity contribution is -0.111. The molecule has 1 amide bonds. The Kier molecular flexibility index (Phi) is 4.65. The predicted octanol–water partition coefficient (Wildman–Crippen LogP) is 2.95. The van der Waals surface area contributed by atoms with Gasteiger partial charge in [0.15, 0.2) is 5.13 Å². The number of amides is 1. The standard InChI is InChI=1S/C13H12N2O3S2/c1-8-11(12(17)18-2)20-13(14-8)15-10(16)6-5-9-4-3-7-19-9/h3-7H,1-2H3,(H,14,15,16)/b6-5+. The Labute approximate surface area is 123 Å². The van der Waals surface area contributed by atoms with Crippen LogP contribution >= 0.6 is 22.7 Å². The number of carbonyl (C=O) groups is 2. The fraction of sp³-hybridized carbons (Fsp3) is 0.154. The molecule has 0 saturated heterocycles. The van der Waals surface area contributed by atoms with E-state index in [9.17, 15) is 9.59 Å². The maximum Gasteiger partial charge on any atom is 0.350 e. The van der Waals surface area contributed by atoms with Crippen LogP contribution in [0.2, 0.25) is 0 Å². The first-order valence-corrected chi connectivity index (χ1v) is 7.38. The van der Waals surface area contributed by atoms with E-state index in [2.05, 4.69) is 15.0 Å². The summed E-state index contributed by atoms with van der Waals surface area (Å²) in [5.74, 6) is -0.738. The highest BCUT2D eigenvalue weighted by Crippen LogP contribution is 2.23. The molecule has 20 heavy (non-hydrogen) atoms. The molecule has 5 nitrogen and oxygen atoms in total. The Morgan fingerprint density at radius 2 is 2.25 bits per heavy atom. The molecular formula is C13H12N2O3S2. The number of aryl methyl sites for hydroxylation is 1. The molecule has 0 spiro atoms. The van der Waals surface area contributed by atoms with Crippen LogP contribution in [0.3, 0.4) is 0 Å². The minimum Gasteiger partial charge on any atom is -0.465 e. The van der Waals surface area contributed by atoms with Crippen molar-refractivity contribution in [1.82, 2.24) is 4.98 Å². The van der Waals surface area contributed by atoms with Crippen molar-refractivity contribution in [2.24, 2.45) is 0 Å². The average molecular weight is 308 g/mol. The third-order valence-electron chi connectivity index (χ3n) is 2.34. The van der Waals surface area contributed by atoms with Gasteiger partial charge in [0.05, 0.1) is 12.8 Å². The average Bonchev–Trinajstić information content (AvgIpc) is 3.05. The van der Waals surface area contributed by atoms with Gasteiger partial charge in [-0.3, -0.25) is 10.1 Å². The second kappa shape index (κ2) is 6.44. The molecule has 1 N–H and O–H groups in total. The molecule has 2 aromatic rings. The minimum absolute atomic E-state index is 0.288. The first kappa shape index (κ1) is 14.4. The SMILES string of the molecule is COC(=O)c1sc(NC(=O)/C=C/c2cccs2)nc1C. The molecule has 0 aliphatic rings. The number of nitrogens with one attached hydrogen (secondary N) is 1. The van der Waals surface area contributed by atoms with Gasteiger partial charge in [0, 0.05) is 11.0 Å². The van der Waals surface area contributed by atoms with Crippen LogP contribution in [0.25, 0.3) is 6.08 Å². The largest absolute Gasteiger partial charge is 0.465 e. The summed E-state index contributed by atoms with van der Waals surface area (Å²) in [5, 5.41) is 4.94. The number of anilines is 1. The molecule has 0 fully saturated rings. The Morgan fingerprint density at radius 1 is 1.45 bits per heavy atom. The molecule has 0 saturated carbocycles. The molecule has 0 aliphatic carbocycles. The van der Waals surface area contributed by atoms with Crippen molar-refractivity contribution in [3.63, 3.8) is 0 Å². The first-order chi connectivity index (χ1) is 9.60. The van der Waals surface area contributed by atoms with E-state index in [4.69, 9.17) is 0 Å². The van der Waals surface area contributed by atoms with E-state index in [1.54, 1.807) is 24.3 Å². The molecule has 2 aromatic heterocycles. The van der Waals surface area contributed by atoms with Crippen LogP contribution in [0, 0.1) is 6.92 Å². The quantitative estimate of drug-likeness (QED) is 0.696. The number of rotatable bonds is 4. The summed E-state index contributed by atoms with van der Waals surface area (Å²) in [7, 11) is 1.31. The van der Waals surface area contributed by atoms with E-state index in [0.29, 0.717) is 15.7 Å². The number of thiazole rings is 1. The fourth-order valence-electron chi connectivity index (χ4n) is 1.42. The number of nitrogens with zero attached hydrogens (tertiary/aromatic N) is 1. The summed E-state index contributed by atoms with van der Waals surface area (Å²) in [5.41, 5.74) is 0.541. The molecule has 7 heteroatoms. The summed E-state index contributed by atoms with van der Waals surface area (Å²) in [6, 6.07) is 3.83. The van der Waals surface area contributed by atoms with Gasteiger partial charge in [0.1, 0.15) is 4.88 Å². The van der Waals surface area contributed by atoms with E-state index >= 15 is 0 Å². The van der Waals surface area contributed by atoms with Crippen LogP contribution in [0.4, 0.5) is 5.13 Å². The van der Waals surface area contributed by atoms with Crippen LogP contribution in [-0.4, -0.2) is 24.0 Å². The van der Waals surface area contributed by atoms with Gasteiger partial charge < -0.3 is 4.74 Å². The molecule has 0 atom stereocenters. The number of ether oxygens (including phenoxy) is 1. The van der Waals surface area contributed by atoms with Crippen molar-refractivity contribution in [2.75, 3.05) is 12.4 Å². The molecule has 0 radical (unpaired) electrons. The van der Waals surface area contributed by atoms with Gasteiger partial charge in [0.25, 0.3) is 0 Å². The molecule has 104 valence electrons. The minimum atomic E-state index is -0.449. The van der Waals surface area contributed by atoms with Gasteiger partial charge in [-0.05, 0) is 24.4 Å². The Morgan fingerprint density at radius 3 is 2.90 bits per heavy atom. The molecule has 0 aromatic carbocycles. The molecular weight excluding hydrogens is 296 g/mol. The monoisotopic (exact) mass is 308 g/mol. The highest BCUT2D eigenvalue weighted by Gasteiger charge is 2.16. The maximum atomic E-state index is 11.7. The number of methoxy groups -OCH3 is 1. The molecule has 2 rings (SSSR count). The number of aromatic nitrogens is 1. The van der Waals surface area contributed by atoms with Gasteiger partial charge in [-0.2, -0.15) is 0 Å². The number of hydrogen-bond acceptors (Lipinski definition) is 6. The zero-order chi connectivity index (χ0) is 14.5. The van der Waals surface area contributed by atoms with Gasteiger partial charge in [-0.15, -0.1) is 11.3 Å². The summed E-state index contributed by atoms with van der Waals surface area (Å²) >= 11 is 2.64. The van der Waals surface area contributed by atoms with Gasteiger partial charge in [0.2, 0.25) is 5.91 Å². The second-order valence-corrected chi connectivity index (χ2v) is 5.74. The van der Waals surface area contributed by atoms with Crippen LogP contribution < -0.4 is 5.32 Å². The maximum absolute atomic E-state index is 11.7. The lowest BCUT2D eigenvalue weighted by Gasteiger charge is -1.95. The van der Waals surface area contributed by atoms with Crippen LogP contribution in [0.5, 0.6) is 0 Å². The zero-order valence-electron chi connectivity index (χ0n) is 10.9. The summed E-state index contributed by atoms with van der Waals surface area (Å²) in [6.07, 6.45) is 3.15. The van der Waals surface area contributed by atoms with Gasteiger partial charge in [-0.25, -0.2) is 9.78 Å². The number of hydrogen-bond donors (Lipinski definition) is 1. The van der Waals surface area contributed by atoms with Crippen LogP contribution in [-0.2, 0) is 9.53 Å². The predicted molar refractivity (Wildman–Crippen MR) is 80.2 cm³/mol. The molecule has 0 bridgehead atoms. The topological polar surface area (TPSA) is 68.3 Å². The lowest BCUT2D eigenvalue weighted by Crippen LogP contribution is -2.07. The summed E-state index contributed by atoms with van der Waals surface area (Å²) in [6.45, 7) is 1.69. The Balaban J connectivity index is 2.03. The van der Waals surface area contributed by atoms with Crippen molar-refractivity contribution in [3.05, 3.63) is 39.0 Å². The summed E-state index contributed by atoms with van der Waals surface area (Å²) < 4.78 is 4.64. The van der Waals surface area contributed by atoms with Crippen molar-refractivity contribution in [3.8, 4) is 0 Å². The third-order valence-corrected chi connectivity index (χ3v) is 4.23. The van der Waals surface area contributed by atoms with Crippen molar-refractivity contribution in [1.29, 1.82) is 0 Å².